The lowest BCUT2D eigenvalue weighted by Gasteiger charge is -2.46. The summed E-state index contributed by atoms with van der Waals surface area (Å²) >= 11 is 0. The van der Waals surface area contributed by atoms with E-state index in [0.29, 0.717) is 79.4 Å². The molecule has 3 aliphatic rings. The van der Waals surface area contributed by atoms with E-state index in [1.807, 2.05) is 28.9 Å². The van der Waals surface area contributed by atoms with Gasteiger partial charge in [0.05, 0.1) is 38.1 Å². The molecule has 1 N–H and O–H groups in total. The van der Waals surface area contributed by atoms with Crippen molar-refractivity contribution in [3.63, 3.8) is 0 Å². The van der Waals surface area contributed by atoms with Gasteiger partial charge >= 0.3 is 0 Å². The number of imide groups is 1. The summed E-state index contributed by atoms with van der Waals surface area (Å²) < 4.78 is 60.1. The molecule has 3 fully saturated rings. The van der Waals surface area contributed by atoms with E-state index in [2.05, 4.69) is 5.32 Å². The van der Waals surface area contributed by atoms with Crippen LogP contribution in [-0.2, 0) is 29.6 Å². The lowest BCUT2D eigenvalue weighted by molar-refractivity contribution is -0.136. The number of piperidine rings is 2. The van der Waals surface area contributed by atoms with E-state index in [1.54, 1.807) is 56.0 Å². The van der Waals surface area contributed by atoms with Gasteiger partial charge in [0.2, 0.25) is 11.8 Å². The van der Waals surface area contributed by atoms with Crippen molar-refractivity contribution in [2.24, 2.45) is 13.0 Å². The summed E-state index contributed by atoms with van der Waals surface area (Å²) in [6.45, 7) is 5.52. The number of carbonyl (C=O) groups is 2. The van der Waals surface area contributed by atoms with Crippen LogP contribution in [-0.4, -0.2) is 91.6 Å². The van der Waals surface area contributed by atoms with Gasteiger partial charge in [-0.3, -0.25) is 29.5 Å². The lowest BCUT2D eigenvalue weighted by atomic mass is 9.91. The van der Waals surface area contributed by atoms with E-state index >= 15 is 13.2 Å². The van der Waals surface area contributed by atoms with Crippen molar-refractivity contribution in [1.29, 1.82) is 0 Å². The minimum absolute atomic E-state index is 0.0676. The van der Waals surface area contributed by atoms with Crippen LogP contribution in [0.25, 0.3) is 11.1 Å². The number of aryl methyl sites for hydroxylation is 1. The number of pyridine rings is 1. The number of ether oxygens (including phenoxy) is 2. The first-order valence-corrected chi connectivity index (χ1v) is 17.4. The highest BCUT2D eigenvalue weighted by Gasteiger charge is 2.48. The third-order valence-corrected chi connectivity index (χ3v) is 10.8. The van der Waals surface area contributed by atoms with Crippen molar-refractivity contribution in [1.82, 2.24) is 19.7 Å². The molecule has 6 rings (SSSR count). The molecule has 51 heavy (non-hydrogen) atoms. The standard InChI is InChI=1S/C38H46F3N5O5/c1-23-24(2)37(49)43(3)20-28(23)27-18-32(50-4)29(33(19-27)51-5)21-44-11-10-34(38(40,41)22-44)46-14-12-45(13-15-46)31-8-6-25(17-30(31)39)16-26-7-9-35(47)42-36(26)48/h6,8,17-20,26,34H,7,9-16,21-22H2,1-5H3,(H,42,47,48)/t26-,34+/m0/s1. The number of benzene rings is 2. The molecule has 1 aromatic heterocycles. The minimum atomic E-state index is -2.98. The molecule has 13 heteroatoms. The fourth-order valence-electron chi connectivity index (χ4n) is 7.80. The van der Waals surface area contributed by atoms with E-state index in [-0.39, 0.29) is 42.7 Å². The predicted octanol–water partition coefficient (Wildman–Crippen LogP) is 4.45. The number of amides is 2. The molecule has 0 spiro atoms. The molecule has 0 saturated carbocycles. The molecular weight excluding hydrogens is 663 g/mol. The van der Waals surface area contributed by atoms with Crippen molar-refractivity contribution < 1.29 is 32.2 Å². The smallest absolute Gasteiger partial charge is 0.275 e. The van der Waals surface area contributed by atoms with E-state index in [4.69, 9.17) is 9.47 Å². The number of carbonyl (C=O) groups excluding carboxylic acids is 2. The van der Waals surface area contributed by atoms with E-state index < -0.39 is 24.3 Å². The average molecular weight is 710 g/mol. The Labute approximate surface area is 296 Å². The zero-order chi connectivity index (χ0) is 36.6. The highest BCUT2D eigenvalue weighted by molar-refractivity contribution is 5.98. The molecule has 3 aromatic rings. The molecule has 0 aliphatic carbocycles. The SMILES string of the molecule is COc1cc(-c2cn(C)c(=O)c(C)c2C)cc(OC)c1CN1CC[C@@H](N2CCN(c3ccc(C[C@@H]4CCC(=O)NC4=O)cc3F)CC2)C(F)(F)C1. The maximum absolute atomic E-state index is 15.9. The Hall–Kier alpha value is -4.36. The van der Waals surface area contributed by atoms with Gasteiger partial charge in [0, 0.05) is 76.0 Å². The zero-order valence-electron chi connectivity index (χ0n) is 29.9. The number of nitrogens with one attached hydrogen (secondary N) is 1. The fourth-order valence-corrected chi connectivity index (χ4v) is 7.80. The van der Waals surface area contributed by atoms with Gasteiger partial charge < -0.3 is 18.9 Å². The van der Waals surface area contributed by atoms with Gasteiger partial charge in [-0.1, -0.05) is 6.07 Å². The second-order valence-electron chi connectivity index (χ2n) is 14.0. The van der Waals surface area contributed by atoms with Gasteiger partial charge in [0.1, 0.15) is 17.3 Å². The molecule has 2 aromatic carbocycles. The van der Waals surface area contributed by atoms with Gasteiger partial charge in [-0.15, -0.1) is 0 Å². The summed E-state index contributed by atoms with van der Waals surface area (Å²) in [4.78, 5) is 41.5. The van der Waals surface area contributed by atoms with Crippen molar-refractivity contribution in [3.05, 3.63) is 75.0 Å². The average Bonchev–Trinajstić information content (AvgIpc) is 3.10. The van der Waals surface area contributed by atoms with Crippen LogP contribution >= 0.6 is 0 Å². The topological polar surface area (TPSA) is 96.3 Å². The normalized spacial score (nSPS) is 21.5. The van der Waals surface area contributed by atoms with E-state index in [9.17, 15) is 14.4 Å². The van der Waals surface area contributed by atoms with Crippen molar-refractivity contribution >= 4 is 17.5 Å². The van der Waals surface area contributed by atoms with Gasteiger partial charge in [-0.2, -0.15) is 0 Å². The summed E-state index contributed by atoms with van der Waals surface area (Å²) in [5, 5.41) is 2.34. The van der Waals surface area contributed by atoms with Crippen molar-refractivity contribution in [2.45, 2.75) is 58.0 Å². The highest BCUT2D eigenvalue weighted by Crippen LogP contribution is 2.39. The van der Waals surface area contributed by atoms with Gasteiger partial charge in [-0.25, -0.2) is 13.2 Å². The first-order chi connectivity index (χ1) is 24.3. The molecule has 274 valence electrons. The molecule has 3 saturated heterocycles. The lowest BCUT2D eigenvalue weighted by Crippen LogP contribution is -2.61. The first kappa shape index (κ1) is 36.4. The number of methoxy groups -OCH3 is 2. The number of piperazine rings is 1. The Morgan fingerprint density at radius 3 is 2.22 bits per heavy atom. The molecule has 0 radical (unpaired) electrons. The summed E-state index contributed by atoms with van der Waals surface area (Å²) in [6.07, 6.45) is 3.11. The summed E-state index contributed by atoms with van der Waals surface area (Å²) in [6, 6.07) is 7.72. The molecule has 0 bridgehead atoms. The number of hydrogen-bond donors (Lipinski definition) is 1. The highest BCUT2D eigenvalue weighted by atomic mass is 19.3. The predicted molar refractivity (Wildman–Crippen MR) is 188 cm³/mol. The Morgan fingerprint density at radius 1 is 0.922 bits per heavy atom. The quantitative estimate of drug-likeness (QED) is 0.326. The summed E-state index contributed by atoms with van der Waals surface area (Å²) in [5.74, 6) is -3.33. The van der Waals surface area contributed by atoms with E-state index in [0.717, 1.165) is 16.7 Å². The molecule has 0 unspecified atom stereocenters. The van der Waals surface area contributed by atoms with Gasteiger partial charge in [0.15, 0.2) is 0 Å². The van der Waals surface area contributed by atoms with Crippen LogP contribution in [0.15, 0.2) is 41.3 Å². The second kappa shape index (κ2) is 14.7. The Morgan fingerprint density at radius 2 is 1.61 bits per heavy atom. The molecule has 3 aliphatic heterocycles. The van der Waals surface area contributed by atoms with Crippen LogP contribution in [0.4, 0.5) is 18.9 Å². The maximum atomic E-state index is 15.9. The number of nitrogens with zero attached hydrogens (tertiary/aromatic N) is 4. The number of likely N-dealkylation sites (tertiary alicyclic amines) is 1. The molecule has 4 heterocycles. The summed E-state index contributed by atoms with van der Waals surface area (Å²) in [7, 11) is 4.80. The Kier molecular flexibility index (Phi) is 10.5. The molecule has 10 nitrogen and oxygen atoms in total. The van der Waals surface area contributed by atoms with Crippen LogP contribution in [0.1, 0.15) is 41.5 Å². The fraction of sp³-hybridized carbons (Fsp3) is 0.500. The van der Waals surface area contributed by atoms with Crippen molar-refractivity contribution in [3.8, 4) is 22.6 Å². The van der Waals surface area contributed by atoms with Crippen LogP contribution < -0.4 is 25.2 Å². The molecular formula is C38H46F3N5O5. The van der Waals surface area contributed by atoms with Crippen LogP contribution in [0.5, 0.6) is 11.5 Å². The molecule has 2 atom stereocenters. The molecule has 2 amide bonds. The number of aromatic nitrogens is 1. The van der Waals surface area contributed by atoms with Gasteiger partial charge in [-0.05, 0) is 74.1 Å². The second-order valence-corrected chi connectivity index (χ2v) is 14.0. The monoisotopic (exact) mass is 709 g/mol. The number of rotatable bonds is 9. The third-order valence-electron chi connectivity index (χ3n) is 10.8. The number of anilines is 1. The maximum Gasteiger partial charge on any atom is 0.275 e. The van der Waals surface area contributed by atoms with Crippen LogP contribution in [0.3, 0.4) is 0 Å². The van der Waals surface area contributed by atoms with Gasteiger partial charge in [0.25, 0.3) is 11.5 Å². The largest absolute Gasteiger partial charge is 0.496 e. The van der Waals surface area contributed by atoms with Crippen LogP contribution in [0, 0.1) is 25.6 Å². The minimum Gasteiger partial charge on any atom is -0.496 e. The van der Waals surface area contributed by atoms with E-state index in [1.165, 1.54) is 6.07 Å². The zero-order valence-corrected chi connectivity index (χ0v) is 29.9. The first-order valence-electron chi connectivity index (χ1n) is 17.4. The summed E-state index contributed by atoms with van der Waals surface area (Å²) in [5.41, 5.74) is 4.86. The number of halogens is 3. The third kappa shape index (κ3) is 7.50. The number of hydrogen-bond acceptors (Lipinski definition) is 8. The van der Waals surface area contributed by atoms with Crippen LogP contribution in [0.2, 0.25) is 0 Å². The number of alkyl halides is 2. The Bertz CT molecular complexity index is 1850. The van der Waals surface area contributed by atoms with Crippen molar-refractivity contribution in [2.75, 3.05) is 58.4 Å². The Balaban J connectivity index is 1.09.